The van der Waals surface area contributed by atoms with Crippen LogP contribution in [0.15, 0.2) is 60.7 Å². The molecule has 82 valence electrons. The molecule has 0 unspecified atom stereocenters. The summed E-state index contributed by atoms with van der Waals surface area (Å²) in [6.45, 7) is -0.250. The van der Waals surface area contributed by atoms with Crippen LogP contribution in [0.5, 0.6) is 0 Å². The number of hydrogen-bond acceptors (Lipinski definition) is 1. The summed E-state index contributed by atoms with van der Waals surface area (Å²) in [4.78, 5) is 8.36. The van der Waals surface area contributed by atoms with Crippen molar-refractivity contribution in [3.63, 3.8) is 0 Å². The van der Waals surface area contributed by atoms with Crippen LogP contribution in [0.4, 0.5) is 0 Å². The van der Waals surface area contributed by atoms with Gasteiger partial charge in [-0.25, -0.2) is 24.3 Å². The molecule has 0 atom stereocenters. The van der Waals surface area contributed by atoms with E-state index < -0.39 is 0 Å². The maximum Gasteiger partial charge on any atom is 2.00 e. The van der Waals surface area contributed by atoms with E-state index in [1.54, 1.807) is 0 Å². The topological polar surface area (TPSA) is 37.3 Å². The van der Waals surface area contributed by atoms with Crippen molar-refractivity contribution in [3.05, 3.63) is 60.7 Å². The molecular formula is C11H12O2Yb. The van der Waals surface area contributed by atoms with E-state index in [1.807, 2.05) is 60.7 Å². The van der Waals surface area contributed by atoms with Crippen LogP contribution in [0.1, 0.15) is 0 Å². The van der Waals surface area contributed by atoms with Gasteiger partial charge in [-0.15, -0.1) is 0 Å². The predicted octanol–water partition coefficient (Wildman–Crippen LogP) is 2.51. The first-order chi connectivity index (χ1) is 6.41. The summed E-state index contributed by atoms with van der Waals surface area (Å²) in [5.74, 6) is 0. The number of carbonyl (C=O) groups is 1. The Morgan fingerprint density at radius 1 is 0.857 bits per heavy atom. The zero-order valence-electron chi connectivity index (χ0n) is 7.47. The Morgan fingerprint density at radius 2 is 1.07 bits per heavy atom. The van der Waals surface area contributed by atoms with E-state index in [0.29, 0.717) is 0 Å². The molecular weight excluding hydrogens is 337 g/mol. The first kappa shape index (κ1) is 16.1. The Kier molecular flexibility index (Phi) is 17.5. The third kappa shape index (κ3) is 14.2. The normalized spacial score (nSPS) is 6.57. The molecule has 0 aliphatic carbocycles. The van der Waals surface area contributed by atoms with E-state index in [1.165, 1.54) is 0 Å². The van der Waals surface area contributed by atoms with Gasteiger partial charge in [0.2, 0.25) is 0 Å². The Balaban J connectivity index is 0. The second kappa shape index (κ2) is 15.2. The fraction of sp³-hybridized carbons (Fsp3) is 0. The molecule has 2 aromatic rings. The van der Waals surface area contributed by atoms with Gasteiger partial charge in [0.25, 0.3) is 6.47 Å². The van der Waals surface area contributed by atoms with Crippen LogP contribution in [0.2, 0.25) is 0 Å². The van der Waals surface area contributed by atoms with Gasteiger partial charge >= 0.3 is 46.9 Å². The van der Waals surface area contributed by atoms with Crippen LogP contribution >= 0.6 is 0 Å². The van der Waals surface area contributed by atoms with Gasteiger partial charge in [0, 0.05) is 0 Å². The summed E-state index contributed by atoms with van der Waals surface area (Å²) in [6, 6.07) is 20.0. The average Bonchev–Trinajstić information content (AvgIpc) is 2.85. The molecule has 0 fully saturated rings. The van der Waals surface area contributed by atoms with E-state index in [4.69, 9.17) is 9.90 Å². The Bertz CT molecular complexity index is 188. The van der Waals surface area contributed by atoms with E-state index in [0.717, 1.165) is 0 Å². The van der Waals surface area contributed by atoms with Gasteiger partial charge in [-0.1, -0.05) is 0 Å². The molecule has 0 aliphatic rings. The van der Waals surface area contributed by atoms with Gasteiger partial charge in [-0.2, -0.15) is 36.4 Å². The van der Waals surface area contributed by atoms with Crippen molar-refractivity contribution in [1.29, 1.82) is 0 Å². The van der Waals surface area contributed by atoms with Crippen molar-refractivity contribution in [2.75, 3.05) is 0 Å². The molecule has 3 heteroatoms. The Morgan fingerprint density at radius 3 is 1.14 bits per heavy atom. The summed E-state index contributed by atoms with van der Waals surface area (Å²) in [6.07, 6.45) is 0. The molecule has 0 spiro atoms. The quantitative estimate of drug-likeness (QED) is 0.586. The first-order valence-corrected chi connectivity index (χ1v) is 3.83. The van der Waals surface area contributed by atoms with Crippen molar-refractivity contribution in [1.82, 2.24) is 0 Å². The average molecular weight is 349 g/mol. The van der Waals surface area contributed by atoms with Gasteiger partial charge in [0.1, 0.15) is 0 Å². The van der Waals surface area contributed by atoms with Crippen molar-refractivity contribution >= 4 is 6.47 Å². The summed E-state index contributed by atoms with van der Waals surface area (Å²) < 4.78 is 0. The monoisotopic (exact) mass is 350 g/mol. The molecule has 0 aliphatic heterocycles. The van der Waals surface area contributed by atoms with Gasteiger partial charge in [-0.05, 0) is 0 Å². The fourth-order valence-corrected chi connectivity index (χ4v) is 0.642. The van der Waals surface area contributed by atoms with Gasteiger partial charge in [0.05, 0.1) is 0 Å². The minimum absolute atomic E-state index is 0. The molecule has 0 radical (unpaired) electrons. The summed E-state index contributed by atoms with van der Waals surface area (Å²) in [5.41, 5.74) is 0. The number of rotatable bonds is 0. The van der Waals surface area contributed by atoms with Crippen molar-refractivity contribution in [2.24, 2.45) is 0 Å². The van der Waals surface area contributed by atoms with E-state index in [2.05, 4.69) is 0 Å². The molecule has 2 aromatic carbocycles. The maximum absolute atomic E-state index is 8.36. The van der Waals surface area contributed by atoms with Gasteiger partial charge in [-0.3, -0.25) is 4.79 Å². The second-order valence-corrected chi connectivity index (χ2v) is 2.03. The van der Waals surface area contributed by atoms with E-state index in [9.17, 15) is 0 Å². The SMILES string of the molecule is O=CO.[Yb+2].c1cc[cH-]c1.c1cc[cH-]c1. The minimum Gasteiger partial charge on any atom is -0.483 e. The van der Waals surface area contributed by atoms with Gasteiger partial charge in [0.15, 0.2) is 0 Å². The zero-order chi connectivity index (χ0) is 9.78. The smallest absolute Gasteiger partial charge is 0.483 e. The van der Waals surface area contributed by atoms with Crippen LogP contribution in [-0.4, -0.2) is 11.6 Å². The fourth-order valence-electron chi connectivity index (χ4n) is 0.642. The first-order valence-electron chi connectivity index (χ1n) is 3.83. The van der Waals surface area contributed by atoms with Crippen molar-refractivity contribution in [3.8, 4) is 0 Å². The Hall–Kier alpha value is -0.311. The number of carboxylic acid groups (broad SMARTS) is 1. The van der Waals surface area contributed by atoms with Crippen LogP contribution in [0, 0.1) is 46.9 Å². The van der Waals surface area contributed by atoms with Crippen LogP contribution in [0.25, 0.3) is 0 Å². The summed E-state index contributed by atoms with van der Waals surface area (Å²) in [5, 5.41) is 6.89. The molecule has 0 amide bonds. The maximum atomic E-state index is 8.36. The summed E-state index contributed by atoms with van der Waals surface area (Å²) in [7, 11) is 0. The van der Waals surface area contributed by atoms with Crippen molar-refractivity contribution in [2.45, 2.75) is 0 Å². The van der Waals surface area contributed by atoms with Crippen molar-refractivity contribution < 1.29 is 56.8 Å². The second-order valence-electron chi connectivity index (χ2n) is 2.03. The molecule has 2 rings (SSSR count). The van der Waals surface area contributed by atoms with Crippen LogP contribution < -0.4 is 0 Å². The van der Waals surface area contributed by atoms with Crippen LogP contribution in [-0.2, 0) is 4.79 Å². The zero-order valence-corrected chi connectivity index (χ0v) is 9.19. The molecule has 0 heterocycles. The largest absolute Gasteiger partial charge is 2.00 e. The molecule has 0 saturated heterocycles. The molecule has 2 nitrogen and oxygen atoms in total. The third-order valence-corrected chi connectivity index (χ3v) is 1.11. The Labute approximate surface area is 123 Å². The molecule has 14 heavy (non-hydrogen) atoms. The molecule has 1 N–H and O–H groups in total. The minimum atomic E-state index is -0.250. The molecule has 0 aromatic heterocycles. The molecule has 0 bridgehead atoms. The van der Waals surface area contributed by atoms with E-state index in [-0.39, 0.29) is 53.4 Å². The predicted molar refractivity (Wildman–Crippen MR) is 52.8 cm³/mol. The third-order valence-electron chi connectivity index (χ3n) is 1.11. The molecule has 0 saturated carbocycles. The number of hydrogen-bond donors (Lipinski definition) is 1. The summed E-state index contributed by atoms with van der Waals surface area (Å²) >= 11 is 0. The standard InChI is InChI=1S/2C5H5.CH2O2.Yb/c2*1-2-4-5-3-1;2-1-3;/h2*1-5H;1H,(H,2,3);/q2*-1;;+2. The van der Waals surface area contributed by atoms with Crippen LogP contribution in [0.3, 0.4) is 0 Å². The van der Waals surface area contributed by atoms with E-state index >= 15 is 0 Å². The van der Waals surface area contributed by atoms with Gasteiger partial charge < -0.3 is 5.11 Å².